The highest BCUT2D eigenvalue weighted by Gasteiger charge is 2.57. The maximum atomic E-state index is 12.0. The van der Waals surface area contributed by atoms with Crippen LogP contribution in [0.2, 0.25) is 0 Å². The molecule has 1 amide bonds. The van der Waals surface area contributed by atoms with Crippen LogP contribution in [0.3, 0.4) is 0 Å². The van der Waals surface area contributed by atoms with Gasteiger partial charge < -0.3 is 20.7 Å². The number of rotatable bonds is 6. The van der Waals surface area contributed by atoms with Crippen molar-refractivity contribution < 1.29 is 24.5 Å². The minimum Gasteiger partial charge on any atom is -0.449 e. The van der Waals surface area contributed by atoms with Crippen LogP contribution in [-0.2, 0) is 9.53 Å². The lowest BCUT2D eigenvalue weighted by molar-refractivity contribution is -0.155. The molecular weight excluding hydrogens is 318 g/mol. The number of aliphatic imine (C=N–C) groups is 1. The minimum absolute atomic E-state index is 0.0288. The fourth-order valence-corrected chi connectivity index (χ4v) is 4.79. The molecule has 0 aromatic rings. The Balaban J connectivity index is 2.10. The van der Waals surface area contributed by atoms with Gasteiger partial charge in [0.15, 0.2) is 0 Å². The Morgan fingerprint density at radius 2 is 2.43 bits per heavy atom. The van der Waals surface area contributed by atoms with Gasteiger partial charge in [0.05, 0.1) is 24.9 Å². The van der Waals surface area contributed by atoms with Gasteiger partial charge in [-0.25, -0.2) is 4.79 Å². The number of aliphatic hydroxyl groups excluding tert-OH is 1. The first-order valence-corrected chi connectivity index (χ1v) is 7.99. The lowest BCUT2D eigenvalue weighted by Crippen LogP contribution is -2.60. The van der Waals surface area contributed by atoms with Crippen molar-refractivity contribution in [1.82, 2.24) is 4.90 Å². The van der Waals surface area contributed by atoms with Crippen molar-refractivity contribution in [2.24, 2.45) is 16.6 Å². The molecule has 0 bridgehead atoms. The summed E-state index contributed by atoms with van der Waals surface area (Å²) in [6, 6.07) is 0. The summed E-state index contributed by atoms with van der Waals surface area (Å²) < 4.78 is 5.33. The largest absolute Gasteiger partial charge is 0.512 e. The Morgan fingerprint density at radius 3 is 3.00 bits per heavy atom. The molecule has 4 N–H and O–H groups in total. The molecule has 2 aliphatic rings. The standard InChI is InChI=1S/C11H15N3O5S2/c1-5(15)6-7(16)14-8(19-11(17)18)10(21-9(6)14)20-3-2-13-4-12/h4-6,9,15H,2-3H2,1H3,(H2,12,13)(H,17,18)/t5-,6+,9-/m1/s1. The van der Waals surface area contributed by atoms with Crippen LogP contribution >= 0.6 is 23.5 Å². The van der Waals surface area contributed by atoms with Crippen molar-refractivity contribution in [2.45, 2.75) is 18.4 Å². The van der Waals surface area contributed by atoms with Crippen molar-refractivity contribution in [3.8, 4) is 0 Å². The molecule has 0 saturated carbocycles. The number of carbonyl (C=O) groups is 2. The zero-order chi connectivity index (χ0) is 15.6. The minimum atomic E-state index is -1.47. The molecule has 1 saturated heterocycles. The molecule has 0 aliphatic carbocycles. The van der Waals surface area contributed by atoms with Gasteiger partial charge in [0, 0.05) is 5.75 Å². The molecule has 2 aliphatic heterocycles. The molecular formula is C11H15N3O5S2. The number of fused-ring (bicyclic) bond motifs is 1. The summed E-state index contributed by atoms with van der Waals surface area (Å²) in [5.41, 5.74) is 5.14. The number of hydrogen-bond acceptors (Lipinski definition) is 7. The van der Waals surface area contributed by atoms with Gasteiger partial charge in [0.1, 0.15) is 9.61 Å². The summed E-state index contributed by atoms with van der Waals surface area (Å²) in [5.74, 6) is -0.255. The number of thioether (sulfide) groups is 2. The summed E-state index contributed by atoms with van der Waals surface area (Å²) in [7, 11) is 0. The Labute approximate surface area is 129 Å². The zero-order valence-corrected chi connectivity index (χ0v) is 12.8. The third-order valence-electron chi connectivity index (χ3n) is 2.97. The Morgan fingerprint density at radius 1 is 1.71 bits per heavy atom. The molecule has 116 valence electrons. The summed E-state index contributed by atoms with van der Waals surface area (Å²) in [4.78, 5) is 27.9. The second-order valence-corrected chi connectivity index (χ2v) is 6.84. The second-order valence-electron chi connectivity index (χ2n) is 4.35. The van der Waals surface area contributed by atoms with E-state index in [0.29, 0.717) is 16.5 Å². The molecule has 0 aromatic carbocycles. The molecule has 3 atom stereocenters. The number of nitrogens with two attached hydrogens (primary N) is 1. The Kier molecular flexibility index (Phi) is 5.01. The third kappa shape index (κ3) is 3.11. The lowest BCUT2D eigenvalue weighted by Gasteiger charge is -2.43. The molecule has 0 aromatic heterocycles. The first kappa shape index (κ1) is 16.0. The van der Waals surface area contributed by atoms with E-state index in [2.05, 4.69) is 4.99 Å². The van der Waals surface area contributed by atoms with Gasteiger partial charge in [-0.05, 0) is 6.92 Å². The molecule has 2 heterocycles. The summed E-state index contributed by atoms with van der Waals surface area (Å²) >= 11 is 2.67. The van der Waals surface area contributed by atoms with Crippen LogP contribution in [0.4, 0.5) is 4.79 Å². The van der Waals surface area contributed by atoms with E-state index in [-0.39, 0.29) is 17.2 Å². The van der Waals surface area contributed by atoms with Gasteiger partial charge in [-0.3, -0.25) is 14.7 Å². The number of aliphatic hydroxyl groups is 1. The maximum Gasteiger partial charge on any atom is 0.512 e. The highest BCUT2D eigenvalue weighted by atomic mass is 32.2. The van der Waals surface area contributed by atoms with Crippen LogP contribution in [0.25, 0.3) is 0 Å². The molecule has 2 rings (SSSR count). The number of carbonyl (C=O) groups excluding carboxylic acids is 1. The fraction of sp³-hybridized carbons (Fsp3) is 0.545. The van der Waals surface area contributed by atoms with E-state index in [1.807, 2.05) is 0 Å². The van der Waals surface area contributed by atoms with Crippen LogP contribution in [0.5, 0.6) is 0 Å². The van der Waals surface area contributed by atoms with Crippen molar-refractivity contribution >= 4 is 41.9 Å². The van der Waals surface area contributed by atoms with Crippen molar-refractivity contribution in [1.29, 1.82) is 0 Å². The van der Waals surface area contributed by atoms with Gasteiger partial charge in [-0.15, -0.1) is 11.8 Å². The molecule has 0 unspecified atom stereocenters. The summed E-state index contributed by atoms with van der Waals surface area (Å²) in [6.45, 7) is 2.02. The smallest absolute Gasteiger partial charge is 0.449 e. The van der Waals surface area contributed by atoms with Crippen molar-refractivity contribution in [3.63, 3.8) is 0 Å². The third-order valence-corrected chi connectivity index (χ3v) is 5.57. The SMILES string of the molecule is C[C@@H](O)[C@H]1C(=O)N2C(OC(=O)O)=C(SCCN=CN)S[C@H]12. The summed E-state index contributed by atoms with van der Waals surface area (Å²) in [6.07, 6.45) is -1.06. The van der Waals surface area contributed by atoms with Gasteiger partial charge in [-0.1, -0.05) is 11.8 Å². The van der Waals surface area contributed by atoms with E-state index >= 15 is 0 Å². The van der Waals surface area contributed by atoms with Crippen molar-refractivity contribution in [2.75, 3.05) is 12.3 Å². The molecule has 10 heteroatoms. The molecule has 8 nitrogen and oxygen atoms in total. The predicted octanol–water partition coefficient (Wildman–Crippen LogP) is 0.440. The Hall–Kier alpha value is -1.39. The average molecular weight is 333 g/mol. The van der Waals surface area contributed by atoms with E-state index in [1.54, 1.807) is 6.92 Å². The number of hydrogen-bond donors (Lipinski definition) is 3. The second kappa shape index (κ2) is 6.58. The topological polar surface area (TPSA) is 125 Å². The van der Waals surface area contributed by atoms with Crippen LogP contribution in [0, 0.1) is 5.92 Å². The van der Waals surface area contributed by atoms with Gasteiger partial charge in [0.25, 0.3) is 0 Å². The van der Waals surface area contributed by atoms with E-state index in [1.165, 1.54) is 34.8 Å². The first-order chi connectivity index (χ1) is 9.97. The van der Waals surface area contributed by atoms with E-state index in [0.717, 1.165) is 0 Å². The van der Waals surface area contributed by atoms with Crippen LogP contribution in [0.15, 0.2) is 15.1 Å². The fourth-order valence-electron chi connectivity index (χ4n) is 2.07. The number of carboxylic acid groups (broad SMARTS) is 1. The average Bonchev–Trinajstić information content (AvgIpc) is 2.67. The lowest BCUT2D eigenvalue weighted by atomic mass is 9.93. The maximum absolute atomic E-state index is 12.0. The molecule has 0 radical (unpaired) electrons. The number of β-lactam (4-membered cyclic amide) rings is 1. The van der Waals surface area contributed by atoms with Crippen LogP contribution in [-0.4, -0.2) is 57.3 Å². The van der Waals surface area contributed by atoms with Crippen molar-refractivity contribution in [3.05, 3.63) is 10.1 Å². The quantitative estimate of drug-likeness (QED) is 0.210. The summed E-state index contributed by atoms with van der Waals surface area (Å²) in [5, 5.41) is 18.1. The molecule has 1 fully saturated rings. The highest BCUT2D eigenvalue weighted by molar-refractivity contribution is 8.22. The van der Waals surface area contributed by atoms with Gasteiger partial charge >= 0.3 is 6.16 Å². The first-order valence-electron chi connectivity index (χ1n) is 6.13. The number of ether oxygens (including phenoxy) is 1. The van der Waals surface area contributed by atoms with Crippen LogP contribution in [0.1, 0.15) is 6.92 Å². The van der Waals surface area contributed by atoms with Gasteiger partial charge in [-0.2, -0.15) is 0 Å². The number of amides is 1. The predicted molar refractivity (Wildman–Crippen MR) is 79.5 cm³/mol. The highest BCUT2D eigenvalue weighted by Crippen LogP contribution is 2.53. The van der Waals surface area contributed by atoms with Gasteiger partial charge in [0.2, 0.25) is 11.8 Å². The monoisotopic (exact) mass is 333 g/mol. The molecule has 21 heavy (non-hydrogen) atoms. The van der Waals surface area contributed by atoms with Crippen LogP contribution < -0.4 is 5.73 Å². The zero-order valence-electron chi connectivity index (χ0n) is 11.1. The van der Waals surface area contributed by atoms with E-state index in [9.17, 15) is 14.7 Å². The normalized spacial score (nSPS) is 26.0. The number of nitrogens with zero attached hydrogens (tertiary/aromatic N) is 2. The van der Waals surface area contributed by atoms with E-state index < -0.39 is 18.2 Å². The molecule has 0 spiro atoms. The Bertz CT molecular complexity index is 508. The van der Waals surface area contributed by atoms with E-state index in [4.69, 9.17) is 15.6 Å².